The Morgan fingerprint density at radius 2 is 2.09 bits per heavy atom. The van der Waals surface area contributed by atoms with Crippen LogP contribution in [-0.4, -0.2) is 16.4 Å². The highest BCUT2D eigenvalue weighted by atomic mass is 32.2. The summed E-state index contributed by atoms with van der Waals surface area (Å²) in [4.78, 5) is 13.6. The fraction of sp³-hybridized carbons (Fsp3) is 0.235. The van der Waals surface area contributed by atoms with Gasteiger partial charge in [-0.3, -0.25) is 9.00 Å². The van der Waals surface area contributed by atoms with Gasteiger partial charge in [-0.25, -0.2) is 0 Å². The molecule has 3 rings (SSSR count). The number of hydrogen-bond donors (Lipinski definition) is 1. The van der Waals surface area contributed by atoms with Crippen LogP contribution in [0.1, 0.15) is 26.6 Å². The maximum Gasteiger partial charge on any atom is 0.287 e. The molecule has 120 valence electrons. The molecule has 2 heterocycles. The minimum Gasteiger partial charge on any atom is -0.451 e. The zero-order valence-corrected chi connectivity index (χ0v) is 14.6. The molecule has 1 N–H and O–H groups in total. The predicted octanol–water partition coefficient (Wildman–Crippen LogP) is 3.61. The Hall–Kier alpha value is -1.92. The molecule has 1 amide bonds. The minimum absolute atomic E-state index is 0.260. The van der Waals surface area contributed by atoms with Crippen LogP contribution >= 0.6 is 11.3 Å². The molecule has 0 aliphatic carbocycles. The molecule has 0 saturated carbocycles. The van der Waals surface area contributed by atoms with E-state index in [0.717, 1.165) is 15.8 Å². The van der Waals surface area contributed by atoms with Gasteiger partial charge in [-0.2, -0.15) is 0 Å². The lowest BCUT2D eigenvalue weighted by molar-refractivity contribution is 0.0924. The first-order valence-electron chi connectivity index (χ1n) is 7.18. The van der Waals surface area contributed by atoms with Gasteiger partial charge in [0.1, 0.15) is 5.58 Å². The van der Waals surface area contributed by atoms with E-state index in [9.17, 15) is 9.00 Å². The summed E-state index contributed by atoms with van der Waals surface area (Å²) >= 11 is 1.61. The molecule has 0 aliphatic heterocycles. The average Bonchev–Trinajstić information content (AvgIpc) is 3.09. The molecule has 1 atom stereocenters. The van der Waals surface area contributed by atoms with Crippen LogP contribution in [-0.2, 0) is 23.1 Å². The van der Waals surface area contributed by atoms with E-state index >= 15 is 0 Å². The number of benzene rings is 1. The van der Waals surface area contributed by atoms with Gasteiger partial charge >= 0.3 is 0 Å². The number of para-hydroxylation sites is 1. The number of aryl methyl sites for hydroxylation is 1. The van der Waals surface area contributed by atoms with E-state index < -0.39 is 10.8 Å². The lowest BCUT2D eigenvalue weighted by Gasteiger charge is -2.04. The Bertz CT molecular complexity index is 879. The van der Waals surface area contributed by atoms with Crippen molar-refractivity contribution in [1.82, 2.24) is 5.32 Å². The van der Waals surface area contributed by atoms with Crippen molar-refractivity contribution in [2.24, 2.45) is 0 Å². The lowest BCUT2D eigenvalue weighted by Crippen LogP contribution is -2.23. The van der Waals surface area contributed by atoms with Gasteiger partial charge in [0.05, 0.1) is 12.3 Å². The van der Waals surface area contributed by atoms with E-state index in [-0.39, 0.29) is 11.7 Å². The Morgan fingerprint density at radius 1 is 1.30 bits per heavy atom. The second-order valence-corrected chi connectivity index (χ2v) is 7.77. The molecular formula is C17H17NO3S2. The third-order valence-electron chi connectivity index (χ3n) is 3.63. The molecule has 0 spiro atoms. The van der Waals surface area contributed by atoms with Crippen molar-refractivity contribution >= 4 is 39.0 Å². The van der Waals surface area contributed by atoms with Crippen molar-refractivity contribution in [3.63, 3.8) is 0 Å². The number of carbonyl (C=O) groups is 1. The molecule has 3 aromatic rings. The quantitative estimate of drug-likeness (QED) is 0.767. The fourth-order valence-corrected chi connectivity index (χ4v) is 3.99. The molecule has 0 bridgehead atoms. The third kappa shape index (κ3) is 3.38. The monoisotopic (exact) mass is 347 g/mol. The van der Waals surface area contributed by atoms with E-state index in [0.29, 0.717) is 23.4 Å². The summed E-state index contributed by atoms with van der Waals surface area (Å²) in [6.07, 6.45) is 1.62. The molecule has 23 heavy (non-hydrogen) atoms. The van der Waals surface area contributed by atoms with Crippen LogP contribution < -0.4 is 5.32 Å². The van der Waals surface area contributed by atoms with Crippen LogP contribution in [0.15, 0.2) is 40.1 Å². The molecule has 0 unspecified atom stereocenters. The van der Waals surface area contributed by atoms with E-state index in [1.54, 1.807) is 17.6 Å². The van der Waals surface area contributed by atoms with Gasteiger partial charge in [-0.1, -0.05) is 18.2 Å². The predicted molar refractivity (Wildman–Crippen MR) is 94.2 cm³/mol. The van der Waals surface area contributed by atoms with E-state index in [1.165, 1.54) is 0 Å². The molecular weight excluding hydrogens is 330 g/mol. The van der Waals surface area contributed by atoms with Crippen LogP contribution in [0.25, 0.3) is 11.0 Å². The van der Waals surface area contributed by atoms with E-state index in [4.69, 9.17) is 4.42 Å². The van der Waals surface area contributed by atoms with Gasteiger partial charge in [-0.05, 0) is 30.0 Å². The Balaban J connectivity index is 1.90. The smallest absolute Gasteiger partial charge is 0.287 e. The van der Waals surface area contributed by atoms with Crippen molar-refractivity contribution < 1.29 is 13.4 Å². The minimum atomic E-state index is -1.05. The van der Waals surface area contributed by atoms with Gasteiger partial charge in [0, 0.05) is 32.9 Å². The lowest BCUT2D eigenvalue weighted by atomic mass is 10.1. The number of thiophene rings is 1. The Kier molecular flexibility index (Phi) is 4.63. The van der Waals surface area contributed by atoms with Gasteiger partial charge in [0.25, 0.3) is 5.91 Å². The Morgan fingerprint density at radius 3 is 2.78 bits per heavy atom. The summed E-state index contributed by atoms with van der Waals surface area (Å²) in [7, 11) is -1.05. The molecule has 0 radical (unpaired) electrons. The number of nitrogens with one attached hydrogen (secondary N) is 1. The van der Waals surface area contributed by atoms with Crippen LogP contribution in [0, 0.1) is 6.92 Å². The number of hydrogen-bond acceptors (Lipinski definition) is 4. The maximum absolute atomic E-state index is 12.5. The van der Waals surface area contributed by atoms with Crippen molar-refractivity contribution in [2.75, 3.05) is 6.26 Å². The van der Waals surface area contributed by atoms with Crippen molar-refractivity contribution in [3.05, 3.63) is 57.5 Å². The first kappa shape index (κ1) is 16.0. The summed E-state index contributed by atoms with van der Waals surface area (Å²) < 4.78 is 17.4. The number of amides is 1. The zero-order chi connectivity index (χ0) is 16.4. The third-order valence-corrected chi connectivity index (χ3v) is 5.35. The van der Waals surface area contributed by atoms with Crippen molar-refractivity contribution in [1.29, 1.82) is 0 Å². The SMILES string of the molecule is Cc1ccsc1CNC(=O)c1oc2ccccc2c1C[S@](C)=O. The Labute approximate surface area is 141 Å². The molecule has 4 nitrogen and oxygen atoms in total. The number of furan rings is 1. The summed E-state index contributed by atoms with van der Waals surface area (Å²) in [6, 6.07) is 9.48. The fourth-order valence-electron chi connectivity index (χ4n) is 2.45. The molecule has 2 aromatic heterocycles. The largest absolute Gasteiger partial charge is 0.451 e. The van der Waals surface area contributed by atoms with Crippen LogP contribution in [0.5, 0.6) is 0 Å². The van der Waals surface area contributed by atoms with Gasteiger partial charge < -0.3 is 9.73 Å². The second-order valence-electron chi connectivity index (χ2n) is 5.33. The van der Waals surface area contributed by atoms with Crippen LogP contribution in [0.4, 0.5) is 0 Å². The normalized spacial score (nSPS) is 12.4. The zero-order valence-electron chi connectivity index (χ0n) is 12.9. The highest BCUT2D eigenvalue weighted by Gasteiger charge is 2.21. The molecule has 0 saturated heterocycles. The van der Waals surface area contributed by atoms with Crippen LogP contribution in [0.2, 0.25) is 0 Å². The molecule has 0 fully saturated rings. The van der Waals surface area contributed by atoms with E-state index in [2.05, 4.69) is 5.32 Å². The standard InChI is InChI=1S/C17H17NO3S2/c1-11-7-8-22-15(11)9-18-17(19)16-13(10-23(2)20)12-5-3-4-6-14(12)21-16/h3-8H,9-10H2,1-2H3,(H,18,19)/t23-/m0/s1. The van der Waals surface area contributed by atoms with E-state index in [1.807, 2.05) is 42.6 Å². The topological polar surface area (TPSA) is 59.3 Å². The second kappa shape index (κ2) is 6.68. The van der Waals surface area contributed by atoms with Crippen LogP contribution in [0.3, 0.4) is 0 Å². The summed E-state index contributed by atoms with van der Waals surface area (Å²) in [6.45, 7) is 2.48. The summed E-state index contributed by atoms with van der Waals surface area (Å²) in [5.41, 5.74) is 2.52. The molecule has 6 heteroatoms. The van der Waals surface area contributed by atoms with Crippen molar-refractivity contribution in [2.45, 2.75) is 19.2 Å². The average molecular weight is 347 g/mol. The van der Waals surface area contributed by atoms with Gasteiger partial charge in [0.15, 0.2) is 5.76 Å². The number of fused-ring (bicyclic) bond motifs is 1. The molecule has 1 aromatic carbocycles. The summed E-state index contributed by atoms with van der Waals surface area (Å²) in [5.74, 6) is 0.294. The highest BCUT2D eigenvalue weighted by molar-refractivity contribution is 7.83. The highest BCUT2D eigenvalue weighted by Crippen LogP contribution is 2.27. The van der Waals surface area contributed by atoms with Crippen molar-refractivity contribution in [3.8, 4) is 0 Å². The number of rotatable bonds is 5. The number of carbonyl (C=O) groups excluding carboxylic acids is 1. The summed E-state index contributed by atoms with van der Waals surface area (Å²) in [5, 5.41) is 5.75. The van der Waals surface area contributed by atoms with Gasteiger partial charge in [-0.15, -0.1) is 11.3 Å². The first-order valence-corrected chi connectivity index (χ1v) is 9.78. The first-order chi connectivity index (χ1) is 11.1. The maximum atomic E-state index is 12.5. The molecule has 0 aliphatic rings. The van der Waals surface area contributed by atoms with Gasteiger partial charge in [0.2, 0.25) is 0 Å².